The van der Waals surface area contributed by atoms with Crippen LogP contribution in [0, 0.1) is 10.1 Å². The first-order valence-corrected chi connectivity index (χ1v) is 6.31. The third kappa shape index (κ3) is 8.35. The Kier molecular flexibility index (Phi) is 13.8. The third-order valence-electron chi connectivity index (χ3n) is 2.79. The van der Waals surface area contributed by atoms with Gasteiger partial charge in [0.05, 0.1) is 0 Å². The van der Waals surface area contributed by atoms with Crippen LogP contribution in [0.3, 0.4) is 0 Å². The normalized spacial score (nSPS) is 10.7. The van der Waals surface area contributed by atoms with Gasteiger partial charge in [0, 0.05) is 11.3 Å². The molecular formula is C11H27N3O4. The molecule has 0 aromatic rings. The molecule has 0 heterocycles. The van der Waals surface area contributed by atoms with Crippen LogP contribution in [-0.2, 0) is 0 Å². The van der Waals surface area contributed by atoms with Crippen molar-refractivity contribution in [2.24, 2.45) is 11.5 Å². The molecule has 0 aliphatic heterocycles. The van der Waals surface area contributed by atoms with Crippen LogP contribution in [0.1, 0.15) is 39.0 Å². The molecule has 0 saturated carbocycles. The smallest absolute Gasteiger partial charge is 0.267 e. The summed E-state index contributed by atoms with van der Waals surface area (Å²) in [6.07, 6.45) is 4.92. The molecule has 0 aliphatic carbocycles. The zero-order valence-corrected chi connectivity index (χ0v) is 11.2. The van der Waals surface area contributed by atoms with Gasteiger partial charge in [0.1, 0.15) is 13.2 Å². The van der Waals surface area contributed by atoms with E-state index in [9.17, 15) is 10.1 Å². The highest BCUT2D eigenvalue weighted by Gasteiger charge is 2.39. The Morgan fingerprint density at radius 2 is 1.44 bits per heavy atom. The van der Waals surface area contributed by atoms with E-state index in [1.54, 1.807) is 6.92 Å². The number of rotatable bonds is 9. The maximum atomic E-state index is 10.2. The van der Waals surface area contributed by atoms with Crippen LogP contribution in [0.15, 0.2) is 0 Å². The number of unbranched alkanes of at least 4 members (excludes halogenated alkanes) is 3. The molecule has 0 atom stereocenters. The molecule has 110 valence electrons. The lowest BCUT2D eigenvalue weighted by atomic mass is 10.0. The number of nitrogens with zero attached hydrogens (tertiary/aromatic N) is 1. The van der Waals surface area contributed by atoms with Gasteiger partial charge in [-0.1, -0.05) is 19.8 Å². The average Bonchev–Trinajstić information content (AvgIpc) is 2.38. The summed E-state index contributed by atoms with van der Waals surface area (Å²) in [5.74, 6) is 0. The van der Waals surface area contributed by atoms with Crippen LogP contribution in [-0.4, -0.2) is 47.0 Å². The van der Waals surface area contributed by atoms with E-state index in [-0.39, 0.29) is 6.42 Å². The van der Waals surface area contributed by atoms with Crippen LogP contribution in [0.25, 0.3) is 0 Å². The Morgan fingerprint density at radius 3 is 1.56 bits per heavy atom. The molecule has 0 bridgehead atoms. The minimum atomic E-state index is -1.54. The second-order valence-corrected chi connectivity index (χ2v) is 4.14. The first-order chi connectivity index (χ1) is 8.54. The van der Waals surface area contributed by atoms with Crippen molar-refractivity contribution in [3.63, 3.8) is 0 Å². The Labute approximate surface area is 108 Å². The molecule has 0 unspecified atom stereocenters. The maximum Gasteiger partial charge on any atom is 0.267 e. The Morgan fingerprint density at radius 1 is 1.06 bits per heavy atom. The number of nitro groups is 1. The summed E-state index contributed by atoms with van der Waals surface area (Å²) >= 11 is 0. The Bertz CT molecular complexity index is 184. The van der Waals surface area contributed by atoms with Gasteiger partial charge >= 0.3 is 0 Å². The van der Waals surface area contributed by atoms with Gasteiger partial charge < -0.3 is 21.7 Å². The van der Waals surface area contributed by atoms with E-state index < -0.39 is 23.7 Å². The summed E-state index contributed by atoms with van der Waals surface area (Å²) in [6.45, 7) is 1.96. The monoisotopic (exact) mass is 265 g/mol. The molecule has 0 fully saturated rings. The molecule has 0 aromatic carbocycles. The molecule has 0 aliphatic rings. The fraction of sp³-hybridized carbons (Fsp3) is 1.00. The molecule has 0 saturated heterocycles. The van der Waals surface area contributed by atoms with Crippen LogP contribution < -0.4 is 11.5 Å². The van der Waals surface area contributed by atoms with Gasteiger partial charge in [-0.3, -0.25) is 10.1 Å². The van der Waals surface area contributed by atoms with Gasteiger partial charge in [-0.2, -0.15) is 0 Å². The van der Waals surface area contributed by atoms with Crippen LogP contribution >= 0.6 is 0 Å². The summed E-state index contributed by atoms with van der Waals surface area (Å²) < 4.78 is 0. The number of nitrogens with two attached hydrogens (primary N) is 2. The fourth-order valence-corrected chi connectivity index (χ4v) is 1.16. The van der Waals surface area contributed by atoms with Crippen molar-refractivity contribution in [1.82, 2.24) is 0 Å². The molecule has 0 aromatic heterocycles. The largest absolute Gasteiger partial charge is 0.389 e. The maximum absolute atomic E-state index is 10.2. The zero-order valence-electron chi connectivity index (χ0n) is 11.2. The molecular weight excluding hydrogens is 238 g/mol. The van der Waals surface area contributed by atoms with Gasteiger partial charge in [0.15, 0.2) is 0 Å². The standard InChI is InChI=1S/C6H16N2.C5H11NO4/c7-5-3-1-2-4-6-8;1-2-5(3-7,4-8)6(9)10/h1-8H2;7-8H,2-4H2,1H3. The fourth-order valence-electron chi connectivity index (χ4n) is 1.16. The first kappa shape index (κ1) is 19.6. The number of aliphatic hydroxyl groups is 2. The van der Waals surface area contributed by atoms with E-state index in [1.807, 2.05) is 0 Å². The van der Waals surface area contributed by atoms with Gasteiger partial charge in [0.25, 0.3) is 5.54 Å². The van der Waals surface area contributed by atoms with Crippen LogP contribution in [0.2, 0.25) is 0 Å². The average molecular weight is 265 g/mol. The van der Waals surface area contributed by atoms with Crippen LogP contribution in [0.4, 0.5) is 0 Å². The number of aliphatic hydroxyl groups excluding tert-OH is 2. The number of hydrogen-bond acceptors (Lipinski definition) is 6. The predicted octanol–water partition coefficient (Wildman–Crippen LogP) is -0.139. The van der Waals surface area contributed by atoms with Gasteiger partial charge in [-0.15, -0.1) is 0 Å². The summed E-state index contributed by atoms with van der Waals surface area (Å²) in [4.78, 5) is 9.55. The quantitative estimate of drug-likeness (QED) is 0.260. The highest BCUT2D eigenvalue weighted by atomic mass is 16.6. The molecule has 7 heteroatoms. The Balaban J connectivity index is 0. The van der Waals surface area contributed by atoms with Gasteiger partial charge in [-0.25, -0.2) is 0 Å². The summed E-state index contributed by atoms with van der Waals surface area (Å²) in [5, 5.41) is 27.3. The second-order valence-electron chi connectivity index (χ2n) is 4.14. The van der Waals surface area contributed by atoms with Crippen molar-refractivity contribution < 1.29 is 15.1 Å². The topological polar surface area (TPSA) is 136 Å². The van der Waals surface area contributed by atoms with E-state index in [0.29, 0.717) is 0 Å². The molecule has 6 N–H and O–H groups in total. The van der Waals surface area contributed by atoms with Crippen LogP contribution in [0.5, 0.6) is 0 Å². The van der Waals surface area contributed by atoms with Crippen molar-refractivity contribution >= 4 is 0 Å². The molecule has 0 amide bonds. The highest BCUT2D eigenvalue weighted by Crippen LogP contribution is 2.12. The van der Waals surface area contributed by atoms with Crippen molar-refractivity contribution in [3.8, 4) is 0 Å². The van der Waals surface area contributed by atoms with Crippen molar-refractivity contribution in [2.45, 2.75) is 44.6 Å². The van der Waals surface area contributed by atoms with Crippen molar-refractivity contribution in [3.05, 3.63) is 10.1 Å². The van der Waals surface area contributed by atoms with Crippen molar-refractivity contribution in [1.29, 1.82) is 0 Å². The second kappa shape index (κ2) is 12.7. The van der Waals surface area contributed by atoms with E-state index >= 15 is 0 Å². The summed E-state index contributed by atoms with van der Waals surface area (Å²) in [7, 11) is 0. The van der Waals surface area contributed by atoms with Gasteiger partial charge in [0.2, 0.25) is 0 Å². The predicted molar refractivity (Wildman–Crippen MR) is 70.8 cm³/mol. The molecule has 0 spiro atoms. The third-order valence-corrected chi connectivity index (χ3v) is 2.79. The lowest BCUT2D eigenvalue weighted by Crippen LogP contribution is -2.45. The molecule has 0 radical (unpaired) electrons. The van der Waals surface area contributed by atoms with Crippen molar-refractivity contribution in [2.75, 3.05) is 26.3 Å². The summed E-state index contributed by atoms with van der Waals surface area (Å²) in [6, 6.07) is 0. The summed E-state index contributed by atoms with van der Waals surface area (Å²) in [5.41, 5.74) is 9.02. The highest BCUT2D eigenvalue weighted by molar-refractivity contribution is 4.74. The molecule has 7 nitrogen and oxygen atoms in total. The van der Waals surface area contributed by atoms with E-state index in [2.05, 4.69) is 0 Å². The first-order valence-electron chi connectivity index (χ1n) is 6.31. The van der Waals surface area contributed by atoms with E-state index in [4.69, 9.17) is 21.7 Å². The van der Waals surface area contributed by atoms with E-state index in [1.165, 1.54) is 12.8 Å². The number of hydrogen-bond donors (Lipinski definition) is 4. The zero-order chi connectivity index (χ0) is 14.4. The lowest BCUT2D eigenvalue weighted by Gasteiger charge is -2.17. The molecule has 18 heavy (non-hydrogen) atoms. The van der Waals surface area contributed by atoms with E-state index in [0.717, 1.165) is 25.9 Å². The van der Waals surface area contributed by atoms with Gasteiger partial charge in [-0.05, 0) is 25.9 Å². The SMILES string of the molecule is CCC(CO)(CO)[N+](=O)[O-].NCCCCCCN. The minimum absolute atomic E-state index is 0.132. The molecule has 0 rings (SSSR count). The Hall–Kier alpha value is -0.760. The lowest BCUT2D eigenvalue weighted by molar-refractivity contribution is -0.577. The minimum Gasteiger partial charge on any atom is -0.389 e.